The molecule has 1 aromatic carbocycles. The molecule has 2 heterocycles. The summed E-state index contributed by atoms with van der Waals surface area (Å²) in [6.45, 7) is 4.85. The van der Waals surface area contributed by atoms with Gasteiger partial charge < -0.3 is 19.7 Å². The minimum absolute atomic E-state index is 0.0453. The highest BCUT2D eigenvalue weighted by Gasteiger charge is 2.43. The third-order valence-corrected chi connectivity index (χ3v) is 5.07. The monoisotopic (exact) mass is 346 g/mol. The molecule has 0 aromatic heterocycles. The van der Waals surface area contributed by atoms with Crippen LogP contribution in [-0.2, 0) is 15.9 Å². The summed E-state index contributed by atoms with van der Waals surface area (Å²) in [5, 5.41) is 3.04. The standard InChI is InChI=1S/C20H30N2O3/c1-17-16-24-20(25-17)11-14-22(15-12-20)19(23)21-13-7-3-6-10-18-8-4-2-5-9-18/h2,4-5,8-9,17H,3,6-7,10-16H2,1H3,(H,21,23)/t17-/m1/s1. The normalized spacial score (nSPS) is 22.3. The van der Waals surface area contributed by atoms with Crippen molar-refractivity contribution in [3.8, 4) is 0 Å². The Labute approximate surface area is 150 Å². The van der Waals surface area contributed by atoms with Crippen LogP contribution in [-0.4, -0.2) is 49.1 Å². The molecule has 1 N–H and O–H groups in total. The maximum Gasteiger partial charge on any atom is 0.317 e. The minimum atomic E-state index is -0.437. The summed E-state index contributed by atoms with van der Waals surface area (Å²) < 4.78 is 11.7. The zero-order valence-electron chi connectivity index (χ0n) is 15.2. The zero-order valence-corrected chi connectivity index (χ0v) is 15.2. The molecule has 2 saturated heterocycles. The van der Waals surface area contributed by atoms with Gasteiger partial charge in [0.2, 0.25) is 0 Å². The van der Waals surface area contributed by atoms with E-state index in [2.05, 4.69) is 29.6 Å². The van der Waals surface area contributed by atoms with Gasteiger partial charge in [-0.3, -0.25) is 0 Å². The lowest BCUT2D eigenvalue weighted by molar-refractivity contribution is -0.189. The average molecular weight is 346 g/mol. The fourth-order valence-electron chi connectivity index (χ4n) is 3.60. The van der Waals surface area contributed by atoms with Crippen LogP contribution in [0.4, 0.5) is 4.79 Å². The molecule has 0 saturated carbocycles. The van der Waals surface area contributed by atoms with Crippen LogP contribution in [0.15, 0.2) is 30.3 Å². The number of carbonyl (C=O) groups excluding carboxylic acids is 1. The van der Waals surface area contributed by atoms with Crippen LogP contribution in [0.25, 0.3) is 0 Å². The van der Waals surface area contributed by atoms with Crippen LogP contribution < -0.4 is 5.32 Å². The van der Waals surface area contributed by atoms with Crippen LogP contribution in [0.3, 0.4) is 0 Å². The van der Waals surface area contributed by atoms with E-state index in [9.17, 15) is 4.79 Å². The highest BCUT2D eigenvalue weighted by Crippen LogP contribution is 2.33. The zero-order chi connectivity index (χ0) is 17.5. The Morgan fingerprint density at radius 3 is 2.64 bits per heavy atom. The molecule has 0 bridgehead atoms. The van der Waals surface area contributed by atoms with Gasteiger partial charge in [0.1, 0.15) is 0 Å². The number of nitrogens with zero attached hydrogens (tertiary/aromatic N) is 1. The summed E-state index contributed by atoms with van der Waals surface area (Å²) in [7, 11) is 0. The predicted molar refractivity (Wildman–Crippen MR) is 97.4 cm³/mol. The molecular weight excluding hydrogens is 316 g/mol. The molecule has 5 heteroatoms. The molecule has 0 aliphatic carbocycles. The van der Waals surface area contributed by atoms with E-state index < -0.39 is 5.79 Å². The smallest absolute Gasteiger partial charge is 0.317 e. The number of hydrogen-bond donors (Lipinski definition) is 1. The summed E-state index contributed by atoms with van der Waals surface area (Å²) in [6.07, 6.45) is 6.14. The third kappa shape index (κ3) is 5.19. The summed E-state index contributed by atoms with van der Waals surface area (Å²) in [4.78, 5) is 14.1. The molecule has 2 fully saturated rings. The van der Waals surface area contributed by atoms with E-state index in [0.29, 0.717) is 19.7 Å². The molecule has 1 aromatic rings. The fraction of sp³-hybridized carbons (Fsp3) is 0.650. The highest BCUT2D eigenvalue weighted by atomic mass is 16.7. The van der Waals surface area contributed by atoms with Crippen molar-refractivity contribution in [3.05, 3.63) is 35.9 Å². The topological polar surface area (TPSA) is 50.8 Å². The number of urea groups is 1. The SMILES string of the molecule is C[C@@H]1COC2(CCN(C(=O)NCCCCCc3ccccc3)CC2)O1. The number of aryl methyl sites for hydroxylation is 1. The lowest BCUT2D eigenvalue weighted by Gasteiger charge is -2.37. The number of benzene rings is 1. The maximum atomic E-state index is 12.3. The molecule has 1 spiro atoms. The van der Waals surface area contributed by atoms with Crippen LogP contribution in [0.5, 0.6) is 0 Å². The first-order valence-electron chi connectivity index (χ1n) is 9.55. The quantitative estimate of drug-likeness (QED) is 0.804. The minimum Gasteiger partial charge on any atom is -0.347 e. The van der Waals surface area contributed by atoms with Gasteiger partial charge >= 0.3 is 6.03 Å². The van der Waals surface area contributed by atoms with E-state index in [-0.39, 0.29) is 12.1 Å². The summed E-state index contributed by atoms with van der Waals surface area (Å²) >= 11 is 0. The van der Waals surface area contributed by atoms with Crippen molar-refractivity contribution in [1.82, 2.24) is 10.2 Å². The van der Waals surface area contributed by atoms with Gasteiger partial charge in [-0.15, -0.1) is 0 Å². The van der Waals surface area contributed by atoms with E-state index in [1.54, 1.807) is 0 Å². The van der Waals surface area contributed by atoms with E-state index in [1.165, 1.54) is 12.0 Å². The van der Waals surface area contributed by atoms with Gasteiger partial charge in [0.25, 0.3) is 0 Å². The van der Waals surface area contributed by atoms with Crippen molar-refractivity contribution < 1.29 is 14.3 Å². The van der Waals surface area contributed by atoms with E-state index in [1.807, 2.05) is 17.9 Å². The van der Waals surface area contributed by atoms with Gasteiger partial charge in [-0.1, -0.05) is 36.8 Å². The number of unbranched alkanes of at least 4 members (excludes halogenated alkanes) is 2. The summed E-state index contributed by atoms with van der Waals surface area (Å²) in [5.41, 5.74) is 1.39. The first-order valence-corrected chi connectivity index (χ1v) is 9.55. The molecule has 5 nitrogen and oxygen atoms in total. The Morgan fingerprint density at radius 2 is 1.96 bits per heavy atom. The Kier molecular flexibility index (Phi) is 6.32. The summed E-state index contributed by atoms with van der Waals surface area (Å²) in [5.74, 6) is -0.437. The Hall–Kier alpha value is -1.59. The molecular formula is C20H30N2O3. The van der Waals surface area contributed by atoms with E-state index in [4.69, 9.17) is 9.47 Å². The maximum absolute atomic E-state index is 12.3. The Morgan fingerprint density at radius 1 is 1.20 bits per heavy atom. The van der Waals surface area contributed by atoms with Gasteiger partial charge in [-0.05, 0) is 31.7 Å². The molecule has 2 aliphatic rings. The highest BCUT2D eigenvalue weighted by molar-refractivity contribution is 5.74. The van der Waals surface area contributed by atoms with Crippen molar-refractivity contribution in [2.75, 3.05) is 26.2 Å². The van der Waals surface area contributed by atoms with Gasteiger partial charge in [0, 0.05) is 32.5 Å². The van der Waals surface area contributed by atoms with Gasteiger partial charge in [-0.2, -0.15) is 0 Å². The van der Waals surface area contributed by atoms with Crippen molar-refractivity contribution in [2.45, 2.75) is 57.3 Å². The Balaban J connectivity index is 1.26. The van der Waals surface area contributed by atoms with Crippen molar-refractivity contribution in [1.29, 1.82) is 0 Å². The van der Waals surface area contributed by atoms with Gasteiger partial charge in [-0.25, -0.2) is 4.79 Å². The first kappa shape index (κ1) is 18.2. The second-order valence-electron chi connectivity index (χ2n) is 7.17. The fourth-order valence-corrected chi connectivity index (χ4v) is 3.60. The molecule has 138 valence electrons. The Bertz CT molecular complexity index is 541. The largest absolute Gasteiger partial charge is 0.347 e. The first-order chi connectivity index (χ1) is 12.2. The number of nitrogens with one attached hydrogen (secondary N) is 1. The van der Waals surface area contributed by atoms with Crippen molar-refractivity contribution in [2.24, 2.45) is 0 Å². The van der Waals surface area contributed by atoms with E-state index >= 15 is 0 Å². The lowest BCUT2D eigenvalue weighted by atomic mass is 10.0. The number of ether oxygens (including phenoxy) is 2. The number of piperidine rings is 1. The number of amides is 2. The second kappa shape index (κ2) is 8.68. The molecule has 1 atom stereocenters. The number of hydrogen-bond acceptors (Lipinski definition) is 3. The molecule has 3 rings (SSSR count). The van der Waals surface area contributed by atoms with Gasteiger partial charge in [0.05, 0.1) is 12.7 Å². The number of carbonyl (C=O) groups is 1. The predicted octanol–water partition coefficient (Wildman–Crippen LogP) is 3.34. The van der Waals surface area contributed by atoms with Crippen LogP contribution in [0.1, 0.15) is 44.6 Å². The van der Waals surface area contributed by atoms with Crippen LogP contribution in [0.2, 0.25) is 0 Å². The molecule has 2 aliphatic heterocycles. The molecule has 2 amide bonds. The summed E-state index contributed by atoms with van der Waals surface area (Å²) in [6, 6.07) is 10.6. The average Bonchev–Trinajstić information content (AvgIpc) is 2.99. The van der Waals surface area contributed by atoms with Gasteiger partial charge in [0.15, 0.2) is 5.79 Å². The van der Waals surface area contributed by atoms with Crippen LogP contribution in [0, 0.1) is 0 Å². The molecule has 25 heavy (non-hydrogen) atoms. The second-order valence-corrected chi connectivity index (χ2v) is 7.17. The van der Waals surface area contributed by atoms with Crippen molar-refractivity contribution in [3.63, 3.8) is 0 Å². The number of rotatable bonds is 6. The van der Waals surface area contributed by atoms with Crippen LogP contribution >= 0.6 is 0 Å². The lowest BCUT2D eigenvalue weighted by Crippen LogP contribution is -2.50. The number of likely N-dealkylation sites (tertiary alicyclic amines) is 1. The molecule has 0 unspecified atom stereocenters. The molecule has 0 radical (unpaired) electrons. The van der Waals surface area contributed by atoms with Crippen molar-refractivity contribution >= 4 is 6.03 Å². The third-order valence-electron chi connectivity index (χ3n) is 5.07. The van der Waals surface area contributed by atoms with E-state index in [0.717, 1.165) is 38.6 Å².